The van der Waals surface area contributed by atoms with Crippen LogP contribution >= 0.6 is 11.6 Å². The molecule has 0 saturated heterocycles. The maximum Gasteiger partial charge on any atom is 0.251 e. The van der Waals surface area contributed by atoms with Gasteiger partial charge in [0.15, 0.2) is 0 Å². The van der Waals surface area contributed by atoms with Crippen molar-refractivity contribution >= 4 is 23.2 Å². The summed E-state index contributed by atoms with van der Waals surface area (Å²) < 4.78 is 5.27. The van der Waals surface area contributed by atoms with Crippen LogP contribution in [0.4, 0.5) is 5.69 Å². The molecule has 2 rings (SSSR count). The Kier molecular flexibility index (Phi) is 4.09. The van der Waals surface area contributed by atoms with Gasteiger partial charge in [0.05, 0.1) is 16.8 Å². The number of benzene rings is 1. The van der Waals surface area contributed by atoms with E-state index in [1.54, 1.807) is 25.3 Å². The van der Waals surface area contributed by atoms with Crippen molar-refractivity contribution in [1.82, 2.24) is 5.32 Å². The summed E-state index contributed by atoms with van der Waals surface area (Å²) in [4.78, 5) is 12.0. The fourth-order valence-electron chi connectivity index (χ4n) is 2.24. The zero-order chi connectivity index (χ0) is 13.1. The molecule has 1 aromatic carbocycles. The Labute approximate surface area is 111 Å². The smallest absolute Gasteiger partial charge is 0.251 e. The van der Waals surface area contributed by atoms with Crippen molar-refractivity contribution in [3.8, 4) is 0 Å². The third kappa shape index (κ3) is 2.94. The number of nitrogen functional groups attached to an aromatic ring is 1. The number of hydrogen-bond donors (Lipinski definition) is 2. The third-order valence-corrected chi connectivity index (χ3v) is 3.66. The lowest BCUT2D eigenvalue weighted by molar-refractivity contribution is 0.0915. The molecular formula is C13H17ClN2O2. The van der Waals surface area contributed by atoms with Crippen molar-refractivity contribution in [3.63, 3.8) is 0 Å². The first-order valence-electron chi connectivity index (χ1n) is 5.99. The fourth-order valence-corrected chi connectivity index (χ4v) is 2.36. The van der Waals surface area contributed by atoms with E-state index in [9.17, 15) is 4.79 Å². The fraction of sp³-hybridized carbons (Fsp3) is 0.462. The van der Waals surface area contributed by atoms with Crippen molar-refractivity contribution in [1.29, 1.82) is 0 Å². The Bertz CT molecular complexity index is 451. The number of methoxy groups -OCH3 is 1. The van der Waals surface area contributed by atoms with Crippen LogP contribution in [-0.4, -0.2) is 25.2 Å². The quantitative estimate of drug-likeness (QED) is 0.826. The van der Waals surface area contributed by atoms with Crippen LogP contribution < -0.4 is 11.1 Å². The van der Waals surface area contributed by atoms with Crippen LogP contribution in [0, 0.1) is 0 Å². The predicted molar refractivity (Wildman–Crippen MR) is 71.8 cm³/mol. The minimum Gasteiger partial charge on any atom is -0.398 e. The van der Waals surface area contributed by atoms with E-state index in [1.165, 1.54) is 0 Å². The van der Waals surface area contributed by atoms with E-state index in [4.69, 9.17) is 22.1 Å². The van der Waals surface area contributed by atoms with Gasteiger partial charge in [-0.05, 0) is 37.5 Å². The highest BCUT2D eigenvalue weighted by Gasteiger charge is 2.25. The number of anilines is 1. The van der Waals surface area contributed by atoms with E-state index in [-0.39, 0.29) is 18.1 Å². The van der Waals surface area contributed by atoms with Gasteiger partial charge in [-0.3, -0.25) is 4.79 Å². The summed E-state index contributed by atoms with van der Waals surface area (Å²) in [6.07, 6.45) is 3.06. The lowest BCUT2D eigenvalue weighted by Crippen LogP contribution is -2.33. The van der Waals surface area contributed by atoms with Gasteiger partial charge in [0.2, 0.25) is 0 Å². The predicted octanol–water partition coefficient (Wildman–Crippen LogP) is 2.22. The van der Waals surface area contributed by atoms with Gasteiger partial charge < -0.3 is 15.8 Å². The average molecular weight is 269 g/mol. The maximum atomic E-state index is 12.0. The molecule has 18 heavy (non-hydrogen) atoms. The van der Waals surface area contributed by atoms with Crippen LogP contribution in [0.3, 0.4) is 0 Å². The summed E-state index contributed by atoms with van der Waals surface area (Å²) in [5.41, 5.74) is 6.64. The van der Waals surface area contributed by atoms with Gasteiger partial charge >= 0.3 is 0 Å². The molecule has 0 heterocycles. The molecule has 0 bridgehead atoms. The minimum atomic E-state index is -0.111. The Hall–Kier alpha value is -1.26. The molecule has 3 N–H and O–H groups in total. The highest BCUT2D eigenvalue weighted by molar-refractivity contribution is 6.33. The first-order chi connectivity index (χ1) is 8.60. The van der Waals surface area contributed by atoms with Crippen molar-refractivity contribution in [2.24, 2.45) is 0 Å². The normalized spacial score (nSPS) is 23.0. The van der Waals surface area contributed by atoms with E-state index < -0.39 is 0 Å². The first-order valence-corrected chi connectivity index (χ1v) is 6.36. The Morgan fingerprint density at radius 1 is 1.50 bits per heavy atom. The van der Waals surface area contributed by atoms with Gasteiger partial charge in [-0.25, -0.2) is 0 Å². The molecule has 1 aliphatic carbocycles. The van der Waals surface area contributed by atoms with E-state index in [2.05, 4.69) is 5.32 Å². The summed E-state index contributed by atoms with van der Waals surface area (Å²) in [5, 5.41) is 3.45. The average Bonchev–Trinajstić information content (AvgIpc) is 2.80. The number of ether oxygens (including phenoxy) is 1. The van der Waals surface area contributed by atoms with Gasteiger partial charge in [0.1, 0.15) is 0 Å². The summed E-state index contributed by atoms with van der Waals surface area (Å²) in [7, 11) is 1.70. The second kappa shape index (κ2) is 5.59. The van der Waals surface area contributed by atoms with Gasteiger partial charge in [-0.1, -0.05) is 11.6 Å². The van der Waals surface area contributed by atoms with Crippen molar-refractivity contribution in [3.05, 3.63) is 28.8 Å². The molecule has 4 nitrogen and oxygen atoms in total. The highest BCUT2D eigenvalue weighted by Crippen LogP contribution is 2.23. The summed E-state index contributed by atoms with van der Waals surface area (Å²) in [6.45, 7) is 0. The van der Waals surface area contributed by atoms with E-state index >= 15 is 0 Å². The number of carbonyl (C=O) groups excluding carboxylic acids is 1. The monoisotopic (exact) mass is 268 g/mol. The van der Waals surface area contributed by atoms with Crippen molar-refractivity contribution < 1.29 is 9.53 Å². The standard InChI is InChI=1S/C13H17ClN2O2/c1-18-10-4-3-9(7-10)16-13(17)8-2-5-11(14)12(15)6-8/h2,5-6,9-10H,3-4,7,15H2,1H3,(H,16,17). The molecule has 2 unspecified atom stereocenters. The molecule has 1 amide bonds. The van der Waals surface area contributed by atoms with Crippen LogP contribution in [0.25, 0.3) is 0 Å². The van der Waals surface area contributed by atoms with Crippen molar-refractivity contribution in [2.45, 2.75) is 31.4 Å². The second-order valence-corrected chi connectivity index (χ2v) is 4.98. The molecule has 1 saturated carbocycles. The number of carbonyl (C=O) groups is 1. The molecular weight excluding hydrogens is 252 g/mol. The molecule has 0 aromatic heterocycles. The summed E-state index contributed by atoms with van der Waals surface area (Å²) >= 11 is 5.82. The van der Waals surface area contributed by atoms with Crippen LogP contribution in [0.5, 0.6) is 0 Å². The summed E-state index contributed by atoms with van der Waals surface area (Å²) in [5.74, 6) is -0.111. The maximum absolute atomic E-state index is 12.0. The zero-order valence-electron chi connectivity index (χ0n) is 10.3. The van der Waals surface area contributed by atoms with Crippen LogP contribution in [0.2, 0.25) is 5.02 Å². The Morgan fingerprint density at radius 3 is 2.89 bits per heavy atom. The highest BCUT2D eigenvalue weighted by atomic mass is 35.5. The lowest BCUT2D eigenvalue weighted by atomic mass is 10.1. The topological polar surface area (TPSA) is 64.3 Å². The third-order valence-electron chi connectivity index (χ3n) is 3.31. The molecule has 0 aliphatic heterocycles. The van der Waals surface area contributed by atoms with Gasteiger partial charge in [-0.15, -0.1) is 0 Å². The van der Waals surface area contributed by atoms with Gasteiger partial charge in [0, 0.05) is 18.7 Å². The van der Waals surface area contributed by atoms with Crippen LogP contribution in [-0.2, 0) is 4.74 Å². The Balaban J connectivity index is 1.97. The van der Waals surface area contributed by atoms with Crippen LogP contribution in [0.1, 0.15) is 29.6 Å². The number of nitrogens with two attached hydrogens (primary N) is 1. The van der Waals surface area contributed by atoms with E-state index in [1.807, 2.05) is 0 Å². The first kappa shape index (κ1) is 13.2. The molecule has 0 radical (unpaired) electrons. The SMILES string of the molecule is COC1CCC(NC(=O)c2ccc(Cl)c(N)c2)C1. The number of halogens is 1. The zero-order valence-corrected chi connectivity index (χ0v) is 11.0. The second-order valence-electron chi connectivity index (χ2n) is 4.58. The Morgan fingerprint density at radius 2 is 2.28 bits per heavy atom. The molecule has 5 heteroatoms. The van der Waals surface area contributed by atoms with Crippen molar-refractivity contribution in [2.75, 3.05) is 12.8 Å². The number of nitrogens with one attached hydrogen (secondary N) is 1. The van der Waals surface area contributed by atoms with Crippen LogP contribution in [0.15, 0.2) is 18.2 Å². The number of rotatable bonds is 3. The van der Waals surface area contributed by atoms with Gasteiger partial charge in [0.25, 0.3) is 5.91 Å². The molecule has 98 valence electrons. The largest absolute Gasteiger partial charge is 0.398 e. The number of amides is 1. The molecule has 2 atom stereocenters. The molecule has 0 spiro atoms. The molecule has 1 aromatic rings. The number of hydrogen-bond acceptors (Lipinski definition) is 3. The molecule has 1 fully saturated rings. The van der Waals surface area contributed by atoms with E-state index in [0.717, 1.165) is 19.3 Å². The summed E-state index contributed by atoms with van der Waals surface area (Å²) in [6, 6.07) is 5.09. The lowest BCUT2D eigenvalue weighted by Gasteiger charge is -2.13. The minimum absolute atomic E-state index is 0.111. The van der Waals surface area contributed by atoms with E-state index in [0.29, 0.717) is 16.3 Å². The van der Waals surface area contributed by atoms with Gasteiger partial charge in [-0.2, -0.15) is 0 Å². The molecule has 1 aliphatic rings.